The van der Waals surface area contributed by atoms with Gasteiger partial charge in [0.2, 0.25) is 0 Å². The zero-order valence-electron chi connectivity index (χ0n) is 4.78. The average molecular weight is 135 g/mol. The minimum Gasteiger partial charge on any atom is -0.315 e. The van der Waals surface area contributed by atoms with Crippen LogP contribution >= 0.6 is 11.8 Å². The van der Waals surface area contributed by atoms with Gasteiger partial charge in [-0.05, 0) is 31.2 Å². The molecule has 0 aliphatic carbocycles. The van der Waals surface area contributed by atoms with Crippen LogP contribution in [-0.4, -0.2) is 19.1 Å². The molecule has 2 nitrogen and oxygen atoms in total. The molecule has 0 aromatic carbocycles. The fourth-order valence-corrected chi connectivity index (χ4v) is 1.13. The summed E-state index contributed by atoms with van der Waals surface area (Å²) >= 11 is 5.39. The molecule has 48 valence electrons. The molecule has 1 saturated heterocycles. The summed E-state index contributed by atoms with van der Waals surface area (Å²) in [6.45, 7) is 2.17. The van der Waals surface area contributed by atoms with Crippen molar-refractivity contribution < 1.29 is 0 Å². The Labute approximate surface area is 54.7 Å². The number of halogens is 1. The summed E-state index contributed by atoms with van der Waals surface area (Å²) in [5.74, 6) is 0. The molecule has 1 aliphatic rings. The van der Waals surface area contributed by atoms with Crippen LogP contribution in [0, 0.1) is 0 Å². The Kier molecular flexibility index (Phi) is 2.59. The van der Waals surface area contributed by atoms with Crippen molar-refractivity contribution in [2.75, 3.05) is 13.1 Å². The van der Waals surface area contributed by atoms with E-state index < -0.39 is 0 Å². The monoisotopic (exact) mass is 134 g/mol. The van der Waals surface area contributed by atoms with Gasteiger partial charge in [-0.2, -0.15) is 0 Å². The van der Waals surface area contributed by atoms with Crippen LogP contribution in [0.15, 0.2) is 0 Å². The second-order valence-electron chi connectivity index (χ2n) is 2.15. The highest BCUT2D eigenvalue weighted by Crippen LogP contribution is 2.00. The maximum Gasteiger partial charge on any atom is 0.0346 e. The van der Waals surface area contributed by atoms with E-state index in [2.05, 4.69) is 10.2 Å². The van der Waals surface area contributed by atoms with E-state index in [0.717, 1.165) is 13.1 Å². The summed E-state index contributed by atoms with van der Waals surface area (Å²) in [6, 6.07) is 0.491. The third kappa shape index (κ3) is 1.62. The van der Waals surface area contributed by atoms with Crippen LogP contribution in [0.5, 0.6) is 0 Å². The average Bonchev–Trinajstić information content (AvgIpc) is 1.90. The molecule has 3 heteroatoms. The Morgan fingerprint density at radius 3 is 2.88 bits per heavy atom. The highest BCUT2D eigenvalue weighted by atomic mass is 35.5. The lowest BCUT2D eigenvalue weighted by Gasteiger charge is -2.20. The molecule has 0 bridgehead atoms. The molecule has 1 fully saturated rings. The van der Waals surface area contributed by atoms with E-state index in [-0.39, 0.29) is 0 Å². The number of hydrogen-bond acceptors (Lipinski definition) is 2. The second kappa shape index (κ2) is 3.28. The van der Waals surface area contributed by atoms with E-state index in [1.807, 2.05) is 0 Å². The van der Waals surface area contributed by atoms with Crippen molar-refractivity contribution in [3.05, 3.63) is 0 Å². The van der Waals surface area contributed by atoms with Crippen molar-refractivity contribution in [3.63, 3.8) is 0 Å². The lowest BCUT2D eigenvalue weighted by atomic mass is 10.1. The van der Waals surface area contributed by atoms with Crippen LogP contribution < -0.4 is 10.2 Å². The van der Waals surface area contributed by atoms with Gasteiger partial charge in [0.05, 0.1) is 0 Å². The molecule has 1 heterocycles. The Hall–Kier alpha value is 0.210. The summed E-state index contributed by atoms with van der Waals surface area (Å²) in [6.07, 6.45) is 2.45. The molecule has 1 atom stereocenters. The Morgan fingerprint density at radius 1 is 1.62 bits per heavy atom. The van der Waals surface area contributed by atoms with Gasteiger partial charge in [-0.15, -0.1) is 0 Å². The minimum absolute atomic E-state index is 0.491. The third-order valence-corrected chi connectivity index (χ3v) is 1.76. The van der Waals surface area contributed by atoms with E-state index in [1.54, 1.807) is 0 Å². The lowest BCUT2D eigenvalue weighted by Crippen LogP contribution is -2.39. The van der Waals surface area contributed by atoms with Crippen molar-refractivity contribution in [1.29, 1.82) is 0 Å². The van der Waals surface area contributed by atoms with Crippen LogP contribution in [0.2, 0.25) is 0 Å². The first-order valence-electron chi connectivity index (χ1n) is 3.00. The van der Waals surface area contributed by atoms with Crippen molar-refractivity contribution in [2.45, 2.75) is 18.9 Å². The Bertz CT molecular complexity index is 61.4. The number of piperidine rings is 1. The summed E-state index contributed by atoms with van der Waals surface area (Å²) < 4.78 is 0. The van der Waals surface area contributed by atoms with Gasteiger partial charge in [-0.1, -0.05) is 0 Å². The Balaban J connectivity index is 2.13. The molecule has 2 N–H and O–H groups in total. The Morgan fingerprint density at radius 2 is 2.50 bits per heavy atom. The van der Waals surface area contributed by atoms with Gasteiger partial charge in [0.15, 0.2) is 0 Å². The molecule has 0 unspecified atom stereocenters. The molecule has 0 saturated carbocycles. The van der Waals surface area contributed by atoms with Crippen molar-refractivity contribution >= 4 is 11.8 Å². The predicted molar refractivity (Wildman–Crippen MR) is 34.9 cm³/mol. The summed E-state index contributed by atoms with van der Waals surface area (Å²) in [5, 5.41) is 3.24. The zero-order chi connectivity index (χ0) is 5.82. The standard InChI is InChI=1S/C5H11ClN2/c6-8-5-2-1-3-7-4-5/h5,7-8H,1-4H2/t5-/m1/s1. The van der Waals surface area contributed by atoms with Gasteiger partial charge in [-0.25, -0.2) is 4.84 Å². The van der Waals surface area contributed by atoms with Gasteiger partial charge in [-0.3, -0.25) is 0 Å². The minimum atomic E-state index is 0.491. The number of hydrogen-bond donors (Lipinski definition) is 2. The van der Waals surface area contributed by atoms with Gasteiger partial charge in [0.25, 0.3) is 0 Å². The van der Waals surface area contributed by atoms with Crippen molar-refractivity contribution in [1.82, 2.24) is 10.2 Å². The molecule has 0 aromatic rings. The van der Waals surface area contributed by atoms with Gasteiger partial charge < -0.3 is 5.32 Å². The summed E-state index contributed by atoms with van der Waals surface area (Å²) in [5.41, 5.74) is 0. The molecular weight excluding hydrogens is 124 g/mol. The van der Waals surface area contributed by atoms with E-state index in [9.17, 15) is 0 Å². The molecule has 1 rings (SSSR count). The van der Waals surface area contributed by atoms with E-state index in [1.165, 1.54) is 12.8 Å². The number of rotatable bonds is 1. The van der Waals surface area contributed by atoms with Gasteiger partial charge >= 0.3 is 0 Å². The molecule has 0 aromatic heterocycles. The third-order valence-electron chi connectivity index (χ3n) is 1.45. The molecule has 0 radical (unpaired) electrons. The molecular formula is C5H11ClN2. The summed E-state index contributed by atoms with van der Waals surface area (Å²) in [4.78, 5) is 2.71. The van der Waals surface area contributed by atoms with Gasteiger partial charge in [0.1, 0.15) is 0 Å². The van der Waals surface area contributed by atoms with Crippen LogP contribution in [0.4, 0.5) is 0 Å². The van der Waals surface area contributed by atoms with Crippen molar-refractivity contribution in [3.8, 4) is 0 Å². The largest absolute Gasteiger partial charge is 0.315 e. The fraction of sp³-hybridized carbons (Fsp3) is 1.00. The quantitative estimate of drug-likeness (QED) is 0.510. The van der Waals surface area contributed by atoms with Crippen LogP contribution in [0.3, 0.4) is 0 Å². The highest BCUT2D eigenvalue weighted by molar-refractivity contribution is 6.13. The van der Waals surface area contributed by atoms with Crippen molar-refractivity contribution in [2.24, 2.45) is 0 Å². The topological polar surface area (TPSA) is 24.1 Å². The molecule has 0 amide bonds. The van der Waals surface area contributed by atoms with Crippen LogP contribution in [-0.2, 0) is 0 Å². The molecule has 8 heavy (non-hydrogen) atoms. The van der Waals surface area contributed by atoms with E-state index in [4.69, 9.17) is 11.8 Å². The zero-order valence-corrected chi connectivity index (χ0v) is 5.54. The first-order chi connectivity index (χ1) is 3.93. The van der Waals surface area contributed by atoms with E-state index >= 15 is 0 Å². The first kappa shape index (κ1) is 6.33. The van der Waals surface area contributed by atoms with Crippen LogP contribution in [0.25, 0.3) is 0 Å². The second-order valence-corrected chi connectivity index (χ2v) is 2.37. The smallest absolute Gasteiger partial charge is 0.0346 e. The highest BCUT2D eigenvalue weighted by Gasteiger charge is 2.09. The maximum atomic E-state index is 5.39. The van der Waals surface area contributed by atoms with Gasteiger partial charge in [0, 0.05) is 12.6 Å². The normalized spacial score (nSPS) is 30.4. The molecule has 0 spiro atoms. The number of nitrogens with one attached hydrogen (secondary N) is 2. The maximum absolute atomic E-state index is 5.39. The van der Waals surface area contributed by atoms with E-state index in [0.29, 0.717) is 6.04 Å². The lowest BCUT2D eigenvalue weighted by molar-refractivity contribution is 0.438. The molecule has 1 aliphatic heterocycles. The fourth-order valence-electron chi connectivity index (χ4n) is 0.945. The SMILES string of the molecule is ClN[C@@H]1CCCNC1. The predicted octanol–water partition coefficient (Wildman–Crippen LogP) is 0.482. The van der Waals surface area contributed by atoms with Crippen LogP contribution in [0.1, 0.15) is 12.8 Å². The summed E-state index contributed by atoms with van der Waals surface area (Å²) in [7, 11) is 0. The first-order valence-corrected chi connectivity index (χ1v) is 3.38.